The first-order valence-corrected chi connectivity index (χ1v) is 10.5. The SMILES string of the molecule is FC(F)(F)c1cccc(C2CCCN(CCCCc3c[nH]c4ccccc34)C2)c1. The summed E-state index contributed by atoms with van der Waals surface area (Å²) in [5.74, 6) is 0.194. The molecular weight excluding hydrogens is 373 g/mol. The molecule has 4 rings (SSSR count). The molecule has 1 aliphatic rings. The fourth-order valence-corrected chi connectivity index (χ4v) is 4.49. The molecule has 0 bridgehead atoms. The van der Waals surface area contributed by atoms with E-state index in [9.17, 15) is 13.2 Å². The second-order valence-corrected chi connectivity index (χ2v) is 8.08. The van der Waals surface area contributed by atoms with Gasteiger partial charge in [0.25, 0.3) is 0 Å². The Morgan fingerprint density at radius 1 is 1.03 bits per heavy atom. The summed E-state index contributed by atoms with van der Waals surface area (Å²) in [6, 6.07) is 14.3. The Kier molecular flexibility index (Phi) is 5.95. The number of aromatic amines is 1. The number of nitrogens with zero attached hydrogens (tertiary/aromatic N) is 1. The van der Waals surface area contributed by atoms with Gasteiger partial charge in [0.05, 0.1) is 5.56 Å². The second kappa shape index (κ2) is 8.62. The van der Waals surface area contributed by atoms with Crippen LogP contribution in [0.25, 0.3) is 10.9 Å². The lowest BCUT2D eigenvalue weighted by Crippen LogP contribution is -2.35. The number of halogens is 3. The van der Waals surface area contributed by atoms with E-state index in [1.54, 1.807) is 0 Å². The van der Waals surface area contributed by atoms with Crippen LogP contribution in [0.15, 0.2) is 54.7 Å². The van der Waals surface area contributed by atoms with Crippen molar-refractivity contribution in [1.82, 2.24) is 9.88 Å². The van der Waals surface area contributed by atoms with Crippen molar-refractivity contribution in [3.8, 4) is 0 Å². The molecule has 2 nitrogen and oxygen atoms in total. The van der Waals surface area contributed by atoms with E-state index in [1.165, 1.54) is 28.6 Å². The van der Waals surface area contributed by atoms with Gasteiger partial charge in [-0.1, -0.05) is 36.4 Å². The van der Waals surface area contributed by atoms with Gasteiger partial charge in [-0.15, -0.1) is 0 Å². The highest BCUT2D eigenvalue weighted by Gasteiger charge is 2.31. The number of likely N-dealkylation sites (tertiary alicyclic amines) is 1. The number of hydrogen-bond donors (Lipinski definition) is 1. The molecule has 1 N–H and O–H groups in total. The van der Waals surface area contributed by atoms with Crippen LogP contribution in [-0.2, 0) is 12.6 Å². The van der Waals surface area contributed by atoms with Gasteiger partial charge in [0.15, 0.2) is 0 Å². The first kappa shape index (κ1) is 20.0. The molecule has 0 radical (unpaired) electrons. The van der Waals surface area contributed by atoms with E-state index in [0.29, 0.717) is 0 Å². The lowest BCUT2D eigenvalue weighted by Gasteiger charge is -2.33. The van der Waals surface area contributed by atoms with Crippen molar-refractivity contribution in [1.29, 1.82) is 0 Å². The number of hydrogen-bond acceptors (Lipinski definition) is 1. The first-order valence-electron chi connectivity index (χ1n) is 10.5. The zero-order chi connectivity index (χ0) is 20.3. The quantitative estimate of drug-likeness (QED) is 0.475. The van der Waals surface area contributed by atoms with E-state index in [4.69, 9.17) is 0 Å². The molecule has 0 saturated carbocycles. The van der Waals surface area contributed by atoms with Crippen molar-refractivity contribution in [3.05, 3.63) is 71.4 Å². The van der Waals surface area contributed by atoms with E-state index in [1.807, 2.05) is 12.1 Å². The first-order chi connectivity index (χ1) is 14.0. The van der Waals surface area contributed by atoms with E-state index in [0.717, 1.165) is 63.4 Å². The molecule has 1 fully saturated rings. The van der Waals surface area contributed by atoms with Gasteiger partial charge >= 0.3 is 6.18 Å². The van der Waals surface area contributed by atoms with Crippen molar-refractivity contribution in [2.75, 3.05) is 19.6 Å². The maximum atomic E-state index is 13.0. The summed E-state index contributed by atoms with van der Waals surface area (Å²) in [4.78, 5) is 5.75. The molecule has 5 heteroatoms. The van der Waals surface area contributed by atoms with Gasteiger partial charge in [-0.2, -0.15) is 13.2 Å². The minimum atomic E-state index is -4.27. The van der Waals surface area contributed by atoms with Crippen molar-refractivity contribution in [2.45, 2.75) is 44.2 Å². The van der Waals surface area contributed by atoms with Gasteiger partial charge in [-0.05, 0) is 74.4 Å². The summed E-state index contributed by atoms with van der Waals surface area (Å²) in [6.07, 6.45) is 3.12. The number of piperidine rings is 1. The van der Waals surface area contributed by atoms with Crippen LogP contribution in [0.1, 0.15) is 48.3 Å². The van der Waals surface area contributed by atoms with E-state index in [2.05, 4.69) is 34.3 Å². The van der Waals surface area contributed by atoms with Crippen molar-refractivity contribution >= 4 is 10.9 Å². The third-order valence-corrected chi connectivity index (χ3v) is 6.04. The molecule has 1 saturated heterocycles. The molecule has 1 aliphatic heterocycles. The van der Waals surface area contributed by atoms with Crippen LogP contribution in [0.3, 0.4) is 0 Å². The molecule has 2 heterocycles. The molecule has 0 amide bonds. The lowest BCUT2D eigenvalue weighted by atomic mass is 9.89. The molecule has 1 unspecified atom stereocenters. The molecule has 29 heavy (non-hydrogen) atoms. The van der Waals surface area contributed by atoms with Crippen LogP contribution < -0.4 is 0 Å². The average molecular weight is 400 g/mol. The average Bonchev–Trinajstić information content (AvgIpc) is 3.14. The largest absolute Gasteiger partial charge is 0.416 e. The molecule has 2 aromatic carbocycles. The summed E-state index contributed by atoms with van der Waals surface area (Å²) in [5.41, 5.74) is 2.83. The number of benzene rings is 2. The Balaban J connectivity index is 1.29. The number of unbranched alkanes of at least 4 members (excludes halogenated alkanes) is 1. The Morgan fingerprint density at radius 3 is 2.76 bits per heavy atom. The number of rotatable bonds is 6. The third kappa shape index (κ3) is 4.84. The predicted molar refractivity (Wildman–Crippen MR) is 111 cm³/mol. The minimum Gasteiger partial charge on any atom is -0.361 e. The van der Waals surface area contributed by atoms with Gasteiger partial charge in [-0.3, -0.25) is 0 Å². The number of aryl methyl sites for hydroxylation is 1. The molecule has 3 aromatic rings. The summed E-state index contributed by atoms with van der Waals surface area (Å²) >= 11 is 0. The van der Waals surface area contributed by atoms with E-state index < -0.39 is 11.7 Å². The van der Waals surface area contributed by atoms with Gasteiger partial charge in [0.2, 0.25) is 0 Å². The van der Waals surface area contributed by atoms with Crippen molar-refractivity contribution in [2.24, 2.45) is 0 Å². The van der Waals surface area contributed by atoms with Crippen LogP contribution in [0.2, 0.25) is 0 Å². The van der Waals surface area contributed by atoms with Gasteiger partial charge < -0.3 is 9.88 Å². The number of aromatic nitrogens is 1. The van der Waals surface area contributed by atoms with Crippen LogP contribution in [0, 0.1) is 0 Å². The highest BCUT2D eigenvalue weighted by Crippen LogP contribution is 2.33. The van der Waals surface area contributed by atoms with Crippen LogP contribution in [0.4, 0.5) is 13.2 Å². The zero-order valence-corrected chi connectivity index (χ0v) is 16.5. The zero-order valence-electron chi connectivity index (χ0n) is 16.5. The normalized spacial score (nSPS) is 18.4. The summed E-state index contributed by atoms with van der Waals surface area (Å²) in [5, 5.41) is 1.30. The highest BCUT2D eigenvalue weighted by molar-refractivity contribution is 5.82. The van der Waals surface area contributed by atoms with Gasteiger partial charge in [-0.25, -0.2) is 0 Å². The Labute approximate surface area is 169 Å². The minimum absolute atomic E-state index is 0.194. The van der Waals surface area contributed by atoms with Crippen molar-refractivity contribution < 1.29 is 13.2 Å². The van der Waals surface area contributed by atoms with Gasteiger partial charge in [0, 0.05) is 23.6 Å². The summed E-state index contributed by atoms with van der Waals surface area (Å²) in [6.45, 7) is 2.91. The number of nitrogens with one attached hydrogen (secondary N) is 1. The topological polar surface area (TPSA) is 19.0 Å². The van der Waals surface area contributed by atoms with Crippen LogP contribution >= 0.6 is 0 Å². The molecular formula is C24H27F3N2. The third-order valence-electron chi connectivity index (χ3n) is 6.04. The maximum Gasteiger partial charge on any atom is 0.416 e. The van der Waals surface area contributed by atoms with Crippen molar-refractivity contribution in [3.63, 3.8) is 0 Å². The number of alkyl halides is 3. The summed E-state index contributed by atoms with van der Waals surface area (Å²) < 4.78 is 39.1. The monoisotopic (exact) mass is 400 g/mol. The summed E-state index contributed by atoms with van der Waals surface area (Å²) in [7, 11) is 0. The fourth-order valence-electron chi connectivity index (χ4n) is 4.49. The van der Waals surface area contributed by atoms with E-state index >= 15 is 0 Å². The van der Waals surface area contributed by atoms with Gasteiger partial charge in [0.1, 0.15) is 0 Å². The molecule has 1 aromatic heterocycles. The van der Waals surface area contributed by atoms with Crippen LogP contribution in [0.5, 0.6) is 0 Å². The second-order valence-electron chi connectivity index (χ2n) is 8.08. The number of H-pyrrole nitrogens is 1. The predicted octanol–water partition coefficient (Wildman–Crippen LogP) is 6.39. The molecule has 1 atom stereocenters. The van der Waals surface area contributed by atoms with Crippen LogP contribution in [-0.4, -0.2) is 29.5 Å². The highest BCUT2D eigenvalue weighted by atomic mass is 19.4. The fraction of sp³-hybridized carbons (Fsp3) is 0.417. The van der Waals surface area contributed by atoms with E-state index in [-0.39, 0.29) is 5.92 Å². The standard InChI is InChI=1S/C24H27F3N2/c25-24(26,27)21-10-5-8-18(15-21)20-9-6-14-29(17-20)13-4-3-7-19-16-28-23-12-2-1-11-22(19)23/h1-2,5,8,10-12,15-16,20,28H,3-4,6-7,9,13-14,17H2. The number of fused-ring (bicyclic) bond motifs is 1. The Morgan fingerprint density at radius 2 is 1.90 bits per heavy atom. The molecule has 154 valence electrons. The lowest BCUT2D eigenvalue weighted by molar-refractivity contribution is -0.137. The molecule has 0 aliphatic carbocycles. The molecule has 0 spiro atoms. The maximum absolute atomic E-state index is 13.0. The Hall–Kier alpha value is -2.27. The number of para-hydroxylation sites is 1. The smallest absolute Gasteiger partial charge is 0.361 e. The Bertz CT molecular complexity index is 944.